The van der Waals surface area contributed by atoms with E-state index in [1.165, 1.54) is 0 Å². The Kier molecular flexibility index (Phi) is 2.27. The second kappa shape index (κ2) is 4.18. The van der Waals surface area contributed by atoms with E-state index in [2.05, 4.69) is 4.90 Å². The van der Waals surface area contributed by atoms with Gasteiger partial charge in [0, 0.05) is 0 Å². The largest absolute Gasteiger partial charge is 0.453 e. The van der Waals surface area contributed by atoms with Gasteiger partial charge in [0.15, 0.2) is 23.0 Å². The summed E-state index contributed by atoms with van der Waals surface area (Å²) < 4.78 is 12.0. The van der Waals surface area contributed by atoms with E-state index in [4.69, 9.17) is 21.1 Å². The van der Waals surface area contributed by atoms with Crippen LogP contribution < -0.4 is 14.4 Å². The van der Waals surface area contributed by atoms with Crippen molar-refractivity contribution < 1.29 is 9.47 Å². The minimum atomic E-state index is 0.571. The van der Waals surface area contributed by atoms with Crippen LogP contribution in [0.1, 0.15) is 0 Å². The van der Waals surface area contributed by atoms with Gasteiger partial charge in [-0.25, -0.2) is 0 Å². The molecule has 5 rings (SSSR count). The number of nitrogens with zero attached hydrogens (tertiary/aromatic N) is 1. The molecule has 22 heavy (non-hydrogen) atoms. The monoisotopic (exact) mass is 307 g/mol. The molecule has 2 aliphatic heterocycles. The van der Waals surface area contributed by atoms with E-state index in [-0.39, 0.29) is 0 Å². The van der Waals surface area contributed by atoms with E-state index in [0.717, 1.165) is 34.3 Å². The van der Waals surface area contributed by atoms with Crippen molar-refractivity contribution in [2.24, 2.45) is 0 Å². The van der Waals surface area contributed by atoms with Gasteiger partial charge in [-0.05, 0) is 36.4 Å². The molecule has 3 nitrogen and oxygen atoms in total. The predicted octanol–water partition coefficient (Wildman–Crippen LogP) is 6.02. The van der Waals surface area contributed by atoms with Crippen LogP contribution in [0, 0.1) is 0 Å². The second-order valence-electron chi connectivity index (χ2n) is 5.20. The van der Waals surface area contributed by atoms with Crippen LogP contribution in [-0.2, 0) is 0 Å². The van der Waals surface area contributed by atoms with Gasteiger partial charge in [0.2, 0.25) is 0 Å². The first-order chi connectivity index (χ1) is 10.8. The zero-order valence-electron chi connectivity index (χ0n) is 11.4. The third-order valence-electron chi connectivity index (χ3n) is 3.91. The van der Waals surface area contributed by atoms with E-state index in [1.807, 2.05) is 54.6 Å². The number of hydrogen-bond acceptors (Lipinski definition) is 3. The number of halogens is 1. The summed E-state index contributed by atoms with van der Waals surface area (Å²) in [5.74, 6) is 2.98. The minimum Gasteiger partial charge on any atom is -0.453 e. The first kappa shape index (κ1) is 12.0. The Bertz CT molecular complexity index is 912. The van der Waals surface area contributed by atoms with Crippen molar-refractivity contribution in [1.29, 1.82) is 0 Å². The summed E-state index contributed by atoms with van der Waals surface area (Å²) in [5, 5.41) is 0.571. The number of anilines is 3. The first-order valence-electron chi connectivity index (χ1n) is 6.99. The fourth-order valence-electron chi connectivity index (χ4n) is 2.98. The lowest BCUT2D eigenvalue weighted by Crippen LogP contribution is -2.20. The van der Waals surface area contributed by atoms with Gasteiger partial charge in [0.25, 0.3) is 0 Å². The van der Waals surface area contributed by atoms with E-state index in [1.54, 1.807) is 6.07 Å². The summed E-state index contributed by atoms with van der Waals surface area (Å²) in [4.78, 5) is 2.15. The average molecular weight is 308 g/mol. The predicted molar refractivity (Wildman–Crippen MR) is 86.3 cm³/mol. The third kappa shape index (κ3) is 1.46. The summed E-state index contributed by atoms with van der Waals surface area (Å²) in [6.45, 7) is 0. The van der Waals surface area contributed by atoms with Gasteiger partial charge in [-0.15, -0.1) is 0 Å². The molecule has 0 aliphatic carbocycles. The Morgan fingerprint density at radius 3 is 2.05 bits per heavy atom. The van der Waals surface area contributed by atoms with Crippen molar-refractivity contribution in [1.82, 2.24) is 0 Å². The minimum absolute atomic E-state index is 0.571. The van der Waals surface area contributed by atoms with Crippen LogP contribution in [0.5, 0.6) is 23.0 Å². The van der Waals surface area contributed by atoms with Gasteiger partial charge in [0.1, 0.15) is 5.69 Å². The molecule has 2 heterocycles. The molecule has 0 radical (unpaired) electrons. The Hall–Kier alpha value is -2.65. The van der Waals surface area contributed by atoms with E-state index < -0.39 is 0 Å². The molecule has 0 aromatic heterocycles. The molecule has 0 fully saturated rings. The molecule has 0 spiro atoms. The number of ether oxygens (including phenoxy) is 2. The summed E-state index contributed by atoms with van der Waals surface area (Å²) in [6, 6.07) is 19.6. The molecule has 0 N–H and O–H groups in total. The van der Waals surface area contributed by atoms with Crippen LogP contribution >= 0.6 is 11.6 Å². The third-order valence-corrected chi connectivity index (χ3v) is 4.21. The van der Waals surface area contributed by atoms with Gasteiger partial charge in [-0.3, -0.25) is 4.90 Å². The maximum Gasteiger partial charge on any atom is 0.173 e. The van der Waals surface area contributed by atoms with E-state index >= 15 is 0 Å². The van der Waals surface area contributed by atoms with Crippen LogP contribution in [0.2, 0.25) is 5.02 Å². The lowest BCUT2D eigenvalue weighted by Gasteiger charge is -2.37. The Morgan fingerprint density at radius 2 is 1.32 bits per heavy atom. The van der Waals surface area contributed by atoms with Gasteiger partial charge < -0.3 is 9.47 Å². The molecule has 0 saturated carbocycles. The smallest absolute Gasteiger partial charge is 0.173 e. The lowest BCUT2D eigenvalue weighted by molar-refractivity contribution is 0.446. The van der Waals surface area contributed by atoms with Crippen LogP contribution in [0.15, 0.2) is 60.7 Å². The van der Waals surface area contributed by atoms with Crippen LogP contribution in [0.4, 0.5) is 17.1 Å². The normalized spacial score (nSPS) is 13.4. The van der Waals surface area contributed by atoms with Gasteiger partial charge in [-0.1, -0.05) is 35.9 Å². The fraction of sp³-hybridized carbons (Fsp3) is 0. The highest BCUT2D eigenvalue weighted by Crippen LogP contribution is 2.60. The maximum atomic E-state index is 6.35. The molecule has 0 unspecified atom stereocenters. The molecule has 0 saturated heterocycles. The van der Waals surface area contributed by atoms with Crippen molar-refractivity contribution in [2.75, 3.05) is 4.90 Å². The number of benzene rings is 3. The van der Waals surface area contributed by atoms with E-state index in [0.29, 0.717) is 10.8 Å². The Balaban J connectivity index is 1.89. The van der Waals surface area contributed by atoms with Crippen LogP contribution in [0.3, 0.4) is 0 Å². The summed E-state index contributed by atoms with van der Waals surface area (Å²) in [5.41, 5.74) is 2.81. The van der Waals surface area contributed by atoms with Crippen LogP contribution in [0.25, 0.3) is 0 Å². The molecule has 0 bridgehead atoms. The molecule has 3 aromatic carbocycles. The number of hydrogen-bond donors (Lipinski definition) is 0. The van der Waals surface area contributed by atoms with Crippen molar-refractivity contribution in [3.63, 3.8) is 0 Å². The highest BCUT2D eigenvalue weighted by molar-refractivity contribution is 6.33. The molecule has 3 aromatic rings. The van der Waals surface area contributed by atoms with E-state index in [9.17, 15) is 0 Å². The highest BCUT2D eigenvalue weighted by atomic mass is 35.5. The zero-order valence-corrected chi connectivity index (χ0v) is 12.2. The Morgan fingerprint density at radius 1 is 0.682 bits per heavy atom. The number of rotatable bonds is 0. The van der Waals surface area contributed by atoms with Crippen molar-refractivity contribution >= 4 is 28.7 Å². The van der Waals surface area contributed by atoms with Crippen molar-refractivity contribution in [2.45, 2.75) is 0 Å². The summed E-state index contributed by atoms with van der Waals surface area (Å²) >= 11 is 6.35. The zero-order chi connectivity index (χ0) is 14.7. The molecular formula is C18H10ClNO2. The molecule has 106 valence electrons. The molecule has 0 atom stereocenters. The molecular weight excluding hydrogens is 298 g/mol. The van der Waals surface area contributed by atoms with Gasteiger partial charge in [-0.2, -0.15) is 0 Å². The van der Waals surface area contributed by atoms with Gasteiger partial charge >= 0.3 is 0 Å². The average Bonchev–Trinajstić information content (AvgIpc) is 2.57. The topological polar surface area (TPSA) is 21.7 Å². The number of fused-ring (bicyclic) bond motifs is 4. The second-order valence-corrected chi connectivity index (χ2v) is 5.61. The maximum absolute atomic E-state index is 6.35. The van der Waals surface area contributed by atoms with Crippen molar-refractivity contribution in [3.05, 3.63) is 65.7 Å². The Labute approximate surface area is 132 Å². The highest BCUT2D eigenvalue weighted by Gasteiger charge is 2.35. The molecule has 4 heteroatoms. The summed E-state index contributed by atoms with van der Waals surface area (Å²) in [6.07, 6.45) is 0. The molecule has 2 aliphatic rings. The standard InChI is InChI=1S/C18H10ClNO2/c19-11-9-10-16-17-18(11)22-15-8-4-2-6-13(15)20(17)12-5-1-3-7-14(12)21-16/h1-10H. The quantitative estimate of drug-likeness (QED) is 0.349. The first-order valence-corrected chi connectivity index (χ1v) is 7.37. The SMILES string of the molecule is Clc1ccc2c3c1Oc1ccccc1N3c1ccccc1O2. The lowest BCUT2D eigenvalue weighted by atomic mass is 10.1. The van der Waals surface area contributed by atoms with Crippen molar-refractivity contribution in [3.8, 4) is 23.0 Å². The number of para-hydroxylation sites is 4. The van der Waals surface area contributed by atoms with Crippen LogP contribution in [-0.4, -0.2) is 0 Å². The summed E-state index contributed by atoms with van der Waals surface area (Å²) in [7, 11) is 0. The molecule has 0 amide bonds. The fourth-order valence-corrected chi connectivity index (χ4v) is 3.17. The van der Waals surface area contributed by atoms with Gasteiger partial charge in [0.05, 0.1) is 16.4 Å².